The second-order valence-corrected chi connectivity index (χ2v) is 4.36. The summed E-state index contributed by atoms with van der Waals surface area (Å²) < 4.78 is 5.30. The summed E-state index contributed by atoms with van der Waals surface area (Å²) in [6, 6.07) is 0. The molecular weight excluding hydrogens is 168 g/mol. The Kier molecular flexibility index (Phi) is 5.33. The van der Waals surface area contributed by atoms with Crippen molar-refractivity contribution >= 4 is 11.8 Å². The lowest BCUT2D eigenvalue weighted by molar-refractivity contribution is 0.222. The van der Waals surface area contributed by atoms with Crippen LogP contribution in [0.4, 0.5) is 0 Å². The molecule has 1 rings (SSSR count). The monoisotopic (exact) mass is 186 g/mol. The Morgan fingerprint density at radius 1 is 1.58 bits per heavy atom. The lowest BCUT2D eigenvalue weighted by Gasteiger charge is -2.20. The van der Waals surface area contributed by atoms with Crippen molar-refractivity contribution in [3.8, 4) is 0 Å². The van der Waals surface area contributed by atoms with Gasteiger partial charge in [0.05, 0.1) is 12.9 Å². The zero-order valence-corrected chi connectivity index (χ0v) is 8.61. The molecule has 0 bridgehead atoms. The smallest absolute Gasteiger partial charge is 0.0876 e. The zero-order valence-electron chi connectivity index (χ0n) is 7.79. The van der Waals surface area contributed by atoms with Gasteiger partial charge in [0.15, 0.2) is 0 Å². The predicted molar refractivity (Wildman–Crippen MR) is 55.4 cm³/mol. The molecule has 12 heavy (non-hydrogen) atoms. The third-order valence-corrected chi connectivity index (χ3v) is 3.42. The Bertz CT molecular complexity index is 128. The fourth-order valence-electron chi connectivity index (χ4n) is 1.43. The van der Waals surface area contributed by atoms with Crippen LogP contribution in [-0.4, -0.2) is 18.1 Å². The molecule has 0 N–H and O–H groups in total. The van der Waals surface area contributed by atoms with Gasteiger partial charge in [0.25, 0.3) is 0 Å². The molecule has 0 radical (unpaired) electrons. The molecule has 0 aromatic carbocycles. The van der Waals surface area contributed by atoms with Crippen LogP contribution in [0.25, 0.3) is 0 Å². The highest BCUT2D eigenvalue weighted by atomic mass is 32.2. The van der Waals surface area contributed by atoms with E-state index in [9.17, 15) is 0 Å². The van der Waals surface area contributed by atoms with Gasteiger partial charge in [-0.05, 0) is 43.6 Å². The Morgan fingerprint density at radius 3 is 3.17 bits per heavy atom. The van der Waals surface area contributed by atoms with Crippen LogP contribution in [0.5, 0.6) is 0 Å². The van der Waals surface area contributed by atoms with Crippen molar-refractivity contribution in [3.63, 3.8) is 0 Å². The second-order valence-electron chi connectivity index (χ2n) is 3.21. The van der Waals surface area contributed by atoms with Crippen molar-refractivity contribution in [2.75, 3.05) is 18.1 Å². The van der Waals surface area contributed by atoms with Gasteiger partial charge in [0, 0.05) is 0 Å². The maximum Gasteiger partial charge on any atom is 0.0876 e. The van der Waals surface area contributed by atoms with E-state index in [1.165, 1.54) is 30.8 Å². The molecule has 1 unspecified atom stereocenters. The van der Waals surface area contributed by atoms with Gasteiger partial charge in [-0.15, -0.1) is 0 Å². The summed E-state index contributed by atoms with van der Waals surface area (Å²) in [6.45, 7) is 2.88. The third kappa shape index (κ3) is 4.05. The number of hydrogen-bond acceptors (Lipinski definition) is 2. The molecule has 70 valence electrons. The maximum absolute atomic E-state index is 5.30. The molecule has 1 heterocycles. The fourth-order valence-corrected chi connectivity index (χ4v) is 2.64. The number of hydrogen-bond donors (Lipinski definition) is 0. The van der Waals surface area contributed by atoms with Crippen LogP contribution >= 0.6 is 11.8 Å². The summed E-state index contributed by atoms with van der Waals surface area (Å²) >= 11 is 2.09. The molecule has 2 heteroatoms. The lowest BCUT2D eigenvalue weighted by atomic mass is 10.0. The van der Waals surface area contributed by atoms with Crippen molar-refractivity contribution in [1.82, 2.24) is 0 Å². The van der Waals surface area contributed by atoms with Crippen LogP contribution in [-0.2, 0) is 4.74 Å². The normalized spacial score (nSPS) is 24.6. The van der Waals surface area contributed by atoms with E-state index in [2.05, 4.69) is 11.8 Å². The minimum atomic E-state index is 0.898. The van der Waals surface area contributed by atoms with Crippen LogP contribution in [0.3, 0.4) is 0 Å². The van der Waals surface area contributed by atoms with E-state index in [-0.39, 0.29) is 0 Å². The van der Waals surface area contributed by atoms with Crippen molar-refractivity contribution in [3.05, 3.63) is 12.3 Å². The molecule has 0 amide bonds. The third-order valence-electron chi connectivity index (χ3n) is 2.13. The van der Waals surface area contributed by atoms with Crippen molar-refractivity contribution < 1.29 is 4.74 Å². The van der Waals surface area contributed by atoms with Crippen LogP contribution in [0, 0.1) is 5.92 Å². The lowest BCUT2D eigenvalue weighted by Crippen LogP contribution is -2.12. The highest BCUT2D eigenvalue weighted by molar-refractivity contribution is 7.99. The average molecular weight is 186 g/mol. The molecule has 1 fully saturated rings. The molecule has 1 aliphatic rings. The molecule has 0 spiro atoms. The van der Waals surface area contributed by atoms with Gasteiger partial charge in [-0.2, -0.15) is 11.8 Å². The SMILES string of the molecule is C/C=C/OCCC1CCCSC1. The first-order valence-electron chi connectivity index (χ1n) is 4.74. The minimum absolute atomic E-state index is 0.898. The Morgan fingerprint density at radius 2 is 2.50 bits per heavy atom. The van der Waals surface area contributed by atoms with Gasteiger partial charge in [0.1, 0.15) is 0 Å². The first kappa shape index (κ1) is 9.97. The summed E-state index contributed by atoms with van der Waals surface area (Å²) in [7, 11) is 0. The summed E-state index contributed by atoms with van der Waals surface area (Å²) in [4.78, 5) is 0. The summed E-state index contributed by atoms with van der Waals surface area (Å²) in [6.07, 6.45) is 7.77. The van der Waals surface area contributed by atoms with E-state index in [4.69, 9.17) is 4.74 Å². The van der Waals surface area contributed by atoms with Gasteiger partial charge in [-0.1, -0.05) is 6.08 Å². The van der Waals surface area contributed by atoms with Crippen molar-refractivity contribution in [2.24, 2.45) is 5.92 Å². The van der Waals surface area contributed by atoms with Gasteiger partial charge in [0.2, 0.25) is 0 Å². The Hall–Kier alpha value is -0.110. The molecule has 0 aromatic heterocycles. The number of thioether (sulfide) groups is 1. The minimum Gasteiger partial charge on any atom is -0.502 e. The van der Waals surface area contributed by atoms with Gasteiger partial charge in [-0.3, -0.25) is 0 Å². The van der Waals surface area contributed by atoms with Crippen LogP contribution in [0.15, 0.2) is 12.3 Å². The summed E-state index contributed by atoms with van der Waals surface area (Å²) in [5.41, 5.74) is 0. The first-order valence-corrected chi connectivity index (χ1v) is 5.89. The largest absolute Gasteiger partial charge is 0.502 e. The molecule has 1 atom stereocenters. The first-order chi connectivity index (χ1) is 5.93. The van der Waals surface area contributed by atoms with E-state index in [1.807, 2.05) is 13.0 Å². The van der Waals surface area contributed by atoms with E-state index < -0.39 is 0 Å². The predicted octanol–water partition coefficient (Wildman–Crippen LogP) is 3.07. The van der Waals surface area contributed by atoms with Gasteiger partial charge in [-0.25, -0.2) is 0 Å². The summed E-state index contributed by atoms with van der Waals surface area (Å²) in [5, 5.41) is 0. The zero-order chi connectivity index (χ0) is 8.65. The highest BCUT2D eigenvalue weighted by Gasteiger charge is 2.12. The van der Waals surface area contributed by atoms with Gasteiger partial charge >= 0.3 is 0 Å². The van der Waals surface area contributed by atoms with E-state index in [0.29, 0.717) is 0 Å². The number of rotatable bonds is 4. The van der Waals surface area contributed by atoms with E-state index in [0.717, 1.165) is 12.5 Å². The van der Waals surface area contributed by atoms with Gasteiger partial charge < -0.3 is 4.74 Å². The molecule has 0 saturated carbocycles. The Labute approximate surface area is 79.6 Å². The number of allylic oxidation sites excluding steroid dienone is 1. The standard InChI is InChI=1S/C10H18OS/c1-2-6-11-7-5-10-4-3-8-12-9-10/h2,6,10H,3-5,7-9H2,1H3/b6-2+. The van der Waals surface area contributed by atoms with E-state index in [1.54, 1.807) is 6.26 Å². The van der Waals surface area contributed by atoms with E-state index >= 15 is 0 Å². The molecular formula is C10H18OS. The Balaban J connectivity index is 1.97. The van der Waals surface area contributed by atoms with Crippen LogP contribution in [0.1, 0.15) is 26.2 Å². The molecule has 0 aliphatic carbocycles. The van der Waals surface area contributed by atoms with Crippen LogP contribution in [0.2, 0.25) is 0 Å². The maximum atomic E-state index is 5.30. The summed E-state index contributed by atoms with van der Waals surface area (Å²) in [5.74, 6) is 3.62. The number of ether oxygens (including phenoxy) is 1. The molecule has 1 nitrogen and oxygen atoms in total. The highest BCUT2D eigenvalue weighted by Crippen LogP contribution is 2.24. The quantitative estimate of drug-likeness (QED) is 0.493. The average Bonchev–Trinajstić information content (AvgIpc) is 2.14. The molecule has 0 aromatic rings. The van der Waals surface area contributed by atoms with Crippen molar-refractivity contribution in [1.29, 1.82) is 0 Å². The topological polar surface area (TPSA) is 9.23 Å². The second kappa shape index (κ2) is 6.41. The fraction of sp³-hybridized carbons (Fsp3) is 0.800. The molecule has 1 saturated heterocycles. The van der Waals surface area contributed by atoms with Crippen molar-refractivity contribution in [2.45, 2.75) is 26.2 Å². The molecule has 1 aliphatic heterocycles. The van der Waals surface area contributed by atoms with Crippen LogP contribution < -0.4 is 0 Å².